The van der Waals surface area contributed by atoms with E-state index in [0.29, 0.717) is 25.3 Å². The predicted molar refractivity (Wildman–Crippen MR) is 77.4 cm³/mol. The second-order valence-electron chi connectivity index (χ2n) is 5.57. The molecular formula is C13H23N3O2S. The summed E-state index contributed by atoms with van der Waals surface area (Å²) in [6, 6.07) is 0. The molecule has 1 amide bonds. The van der Waals surface area contributed by atoms with Crippen LogP contribution >= 0.6 is 11.8 Å². The largest absolute Gasteiger partial charge is 0.409 e. The van der Waals surface area contributed by atoms with Gasteiger partial charge in [-0.05, 0) is 36.7 Å². The topological polar surface area (TPSA) is 87.7 Å². The summed E-state index contributed by atoms with van der Waals surface area (Å²) in [6.07, 6.45) is 5.59. The third-order valence-electron chi connectivity index (χ3n) is 4.32. The zero-order valence-corrected chi connectivity index (χ0v) is 12.0. The highest BCUT2D eigenvalue weighted by Crippen LogP contribution is 2.37. The number of rotatable bonds is 4. The van der Waals surface area contributed by atoms with Crippen LogP contribution in [-0.2, 0) is 4.79 Å². The van der Waals surface area contributed by atoms with Crippen molar-refractivity contribution in [2.75, 3.05) is 18.1 Å². The smallest absolute Gasteiger partial charge is 0.233 e. The fourth-order valence-electron chi connectivity index (χ4n) is 3.00. The summed E-state index contributed by atoms with van der Waals surface area (Å²) >= 11 is 1.94. The minimum Gasteiger partial charge on any atom is -0.409 e. The summed E-state index contributed by atoms with van der Waals surface area (Å²) < 4.78 is 0. The molecule has 2 rings (SSSR count). The van der Waals surface area contributed by atoms with Crippen LogP contribution in [0.4, 0.5) is 0 Å². The Morgan fingerprint density at radius 3 is 2.74 bits per heavy atom. The number of amidine groups is 1. The first-order valence-electron chi connectivity index (χ1n) is 7.03. The van der Waals surface area contributed by atoms with Crippen LogP contribution in [0.5, 0.6) is 0 Å². The van der Waals surface area contributed by atoms with Crippen molar-refractivity contribution < 1.29 is 10.0 Å². The summed E-state index contributed by atoms with van der Waals surface area (Å²) in [5, 5.41) is 15.1. The van der Waals surface area contributed by atoms with Crippen LogP contribution in [0.25, 0.3) is 0 Å². The Kier molecular flexibility index (Phi) is 4.96. The van der Waals surface area contributed by atoms with Crippen molar-refractivity contribution in [2.24, 2.45) is 22.2 Å². The van der Waals surface area contributed by atoms with Crippen LogP contribution < -0.4 is 11.1 Å². The standard InChI is InChI=1S/C13H23N3O2S/c14-11(16-18)13(5-2-1-3-6-13)12(17)15-8-10-4-7-19-9-10/h10,18H,1-9H2,(H2,14,16)(H,15,17). The quantitative estimate of drug-likeness (QED) is 0.316. The number of carbonyl (C=O) groups excluding carboxylic acids is 1. The van der Waals surface area contributed by atoms with E-state index in [9.17, 15) is 4.79 Å². The lowest BCUT2D eigenvalue weighted by Gasteiger charge is -2.34. The van der Waals surface area contributed by atoms with Crippen LogP contribution in [0.1, 0.15) is 38.5 Å². The van der Waals surface area contributed by atoms with Crippen LogP contribution in [0.3, 0.4) is 0 Å². The minimum absolute atomic E-state index is 0.0561. The van der Waals surface area contributed by atoms with E-state index in [1.54, 1.807) is 0 Å². The molecule has 0 aromatic heterocycles. The van der Waals surface area contributed by atoms with Crippen LogP contribution in [-0.4, -0.2) is 35.0 Å². The molecule has 1 atom stereocenters. The zero-order valence-electron chi connectivity index (χ0n) is 11.2. The minimum atomic E-state index is -0.779. The number of nitrogens with zero attached hydrogens (tertiary/aromatic N) is 1. The van der Waals surface area contributed by atoms with E-state index >= 15 is 0 Å². The molecule has 2 fully saturated rings. The lowest BCUT2D eigenvalue weighted by atomic mass is 9.72. The van der Waals surface area contributed by atoms with E-state index in [0.717, 1.165) is 25.0 Å². The number of hydrogen-bond acceptors (Lipinski definition) is 4. The van der Waals surface area contributed by atoms with E-state index in [1.165, 1.54) is 12.2 Å². The number of nitrogens with one attached hydrogen (secondary N) is 1. The van der Waals surface area contributed by atoms with Gasteiger partial charge in [0.05, 0.1) is 0 Å². The molecule has 5 nitrogen and oxygen atoms in total. The molecule has 0 aromatic carbocycles. The summed E-state index contributed by atoms with van der Waals surface area (Å²) in [4.78, 5) is 12.5. The maximum Gasteiger partial charge on any atom is 0.233 e. The molecule has 1 aliphatic heterocycles. The number of amides is 1. The normalized spacial score (nSPS) is 27.2. The van der Waals surface area contributed by atoms with E-state index in [1.807, 2.05) is 11.8 Å². The third kappa shape index (κ3) is 3.16. The molecule has 6 heteroatoms. The number of thioether (sulfide) groups is 1. The number of nitrogens with two attached hydrogens (primary N) is 1. The molecule has 4 N–H and O–H groups in total. The monoisotopic (exact) mass is 285 g/mol. The molecule has 1 heterocycles. The van der Waals surface area contributed by atoms with E-state index in [4.69, 9.17) is 10.9 Å². The molecule has 0 bridgehead atoms. The first-order valence-corrected chi connectivity index (χ1v) is 8.18. The first-order chi connectivity index (χ1) is 9.19. The fraction of sp³-hybridized carbons (Fsp3) is 0.846. The predicted octanol–water partition coefficient (Wildman–Crippen LogP) is 1.55. The highest BCUT2D eigenvalue weighted by atomic mass is 32.2. The van der Waals surface area contributed by atoms with Gasteiger partial charge in [0, 0.05) is 6.54 Å². The zero-order chi connectivity index (χ0) is 13.7. The first kappa shape index (κ1) is 14.5. The summed E-state index contributed by atoms with van der Waals surface area (Å²) in [5.74, 6) is 2.90. The Morgan fingerprint density at radius 1 is 1.42 bits per heavy atom. The van der Waals surface area contributed by atoms with Gasteiger partial charge in [0.15, 0.2) is 5.84 Å². The summed E-state index contributed by atoms with van der Waals surface area (Å²) in [6.45, 7) is 0.715. The number of hydrogen-bond donors (Lipinski definition) is 3. The average molecular weight is 285 g/mol. The van der Waals surface area contributed by atoms with E-state index in [-0.39, 0.29) is 11.7 Å². The van der Waals surface area contributed by atoms with Crippen molar-refractivity contribution in [3.63, 3.8) is 0 Å². The van der Waals surface area contributed by atoms with Gasteiger partial charge < -0.3 is 16.3 Å². The van der Waals surface area contributed by atoms with Gasteiger partial charge in [0.25, 0.3) is 0 Å². The van der Waals surface area contributed by atoms with Gasteiger partial charge in [-0.25, -0.2) is 0 Å². The SMILES string of the molecule is NC(=NO)C1(C(=O)NCC2CCSC2)CCCCC1. The summed E-state index contributed by atoms with van der Waals surface area (Å²) in [7, 11) is 0. The van der Waals surface area contributed by atoms with E-state index < -0.39 is 5.41 Å². The number of carbonyl (C=O) groups is 1. The Labute approximate surface area is 118 Å². The van der Waals surface area contributed by atoms with Crippen molar-refractivity contribution in [1.82, 2.24) is 5.32 Å². The molecule has 1 saturated carbocycles. The van der Waals surface area contributed by atoms with Crippen molar-refractivity contribution >= 4 is 23.5 Å². The van der Waals surface area contributed by atoms with Crippen molar-refractivity contribution in [3.8, 4) is 0 Å². The Bertz CT molecular complexity index is 348. The molecule has 108 valence electrons. The van der Waals surface area contributed by atoms with Gasteiger partial charge >= 0.3 is 0 Å². The number of oxime groups is 1. The van der Waals surface area contributed by atoms with Gasteiger partial charge in [-0.3, -0.25) is 4.79 Å². The van der Waals surface area contributed by atoms with Gasteiger partial charge in [-0.1, -0.05) is 24.4 Å². The molecule has 1 saturated heterocycles. The maximum atomic E-state index is 12.5. The van der Waals surface area contributed by atoms with Gasteiger partial charge in [-0.15, -0.1) is 0 Å². The van der Waals surface area contributed by atoms with Gasteiger partial charge in [0.1, 0.15) is 5.41 Å². The molecule has 0 aromatic rings. The maximum absolute atomic E-state index is 12.5. The molecule has 19 heavy (non-hydrogen) atoms. The molecule has 2 aliphatic rings. The van der Waals surface area contributed by atoms with Crippen LogP contribution in [0.2, 0.25) is 0 Å². The average Bonchev–Trinajstić information content (AvgIpc) is 2.97. The van der Waals surface area contributed by atoms with Crippen LogP contribution in [0.15, 0.2) is 5.16 Å². The fourth-order valence-corrected chi connectivity index (χ4v) is 4.29. The lowest BCUT2D eigenvalue weighted by Crippen LogP contribution is -2.51. The van der Waals surface area contributed by atoms with Gasteiger partial charge in [0.2, 0.25) is 5.91 Å². The molecular weight excluding hydrogens is 262 g/mol. The summed E-state index contributed by atoms with van der Waals surface area (Å²) in [5.41, 5.74) is 5.02. The third-order valence-corrected chi connectivity index (χ3v) is 5.55. The Balaban J connectivity index is 1.98. The lowest BCUT2D eigenvalue weighted by molar-refractivity contribution is -0.129. The second-order valence-corrected chi connectivity index (χ2v) is 6.72. The van der Waals surface area contributed by atoms with Crippen molar-refractivity contribution in [3.05, 3.63) is 0 Å². The van der Waals surface area contributed by atoms with Crippen molar-refractivity contribution in [1.29, 1.82) is 0 Å². The molecule has 1 aliphatic carbocycles. The molecule has 1 unspecified atom stereocenters. The highest BCUT2D eigenvalue weighted by molar-refractivity contribution is 7.99. The molecule has 0 radical (unpaired) electrons. The van der Waals surface area contributed by atoms with Gasteiger partial charge in [-0.2, -0.15) is 11.8 Å². The van der Waals surface area contributed by atoms with Crippen molar-refractivity contribution in [2.45, 2.75) is 38.5 Å². The van der Waals surface area contributed by atoms with E-state index in [2.05, 4.69) is 10.5 Å². The second kappa shape index (κ2) is 6.50. The Hall–Kier alpha value is -0.910. The Morgan fingerprint density at radius 2 is 2.16 bits per heavy atom. The highest BCUT2D eigenvalue weighted by Gasteiger charge is 2.43. The van der Waals surface area contributed by atoms with Crippen LogP contribution in [0, 0.1) is 11.3 Å². The molecule has 0 spiro atoms.